The third-order valence-electron chi connectivity index (χ3n) is 4.23. The number of unbranched alkanes of at least 4 members (excludes halogenated alkanes) is 4. The number of ether oxygens (including phenoxy) is 4. The molecule has 0 aliphatic rings. The smallest absolute Gasteiger partial charge is 0.420 e. The van der Waals surface area contributed by atoms with E-state index in [0.29, 0.717) is 13.2 Å². The molecule has 0 amide bonds. The molecule has 11 heteroatoms. The van der Waals surface area contributed by atoms with Gasteiger partial charge in [-0.1, -0.05) is 39.5 Å². The van der Waals surface area contributed by atoms with Crippen molar-refractivity contribution in [2.75, 3.05) is 13.2 Å². The van der Waals surface area contributed by atoms with Gasteiger partial charge < -0.3 is 28.7 Å². The SMILES string of the molecule is CCCCCOO/C=C(\C)C(=O)OC(C)(C)OC(=O)OC(C)(C)OC(=O)/C(C)=C/OOCCCCC. The van der Waals surface area contributed by atoms with Crippen LogP contribution in [0.25, 0.3) is 0 Å². The summed E-state index contributed by atoms with van der Waals surface area (Å²) in [5.41, 5.74) is 0.173. The van der Waals surface area contributed by atoms with E-state index in [1.807, 2.05) is 0 Å². The molecule has 0 rings (SSSR count). The fourth-order valence-electron chi connectivity index (χ4n) is 2.30. The molecule has 0 heterocycles. The molecule has 0 radical (unpaired) electrons. The second-order valence-electron chi connectivity index (χ2n) is 8.89. The van der Waals surface area contributed by atoms with Gasteiger partial charge in [-0.25, -0.2) is 14.4 Å². The Morgan fingerprint density at radius 3 is 1.31 bits per heavy atom. The van der Waals surface area contributed by atoms with Gasteiger partial charge in [-0.05, 0) is 26.7 Å². The van der Waals surface area contributed by atoms with E-state index < -0.39 is 29.7 Å². The maximum absolute atomic E-state index is 12.2. The van der Waals surface area contributed by atoms with Crippen LogP contribution in [0, 0.1) is 0 Å². The van der Waals surface area contributed by atoms with E-state index in [-0.39, 0.29) is 11.1 Å². The molecule has 0 bridgehead atoms. The first-order valence-corrected chi connectivity index (χ1v) is 12.1. The predicted molar refractivity (Wildman–Crippen MR) is 129 cm³/mol. The summed E-state index contributed by atoms with van der Waals surface area (Å²) in [6, 6.07) is 0. The van der Waals surface area contributed by atoms with Crippen LogP contribution >= 0.6 is 0 Å². The molecular formula is C25H42O11. The maximum atomic E-state index is 12.2. The normalized spacial score (nSPS) is 12.6. The molecule has 0 unspecified atom stereocenters. The first-order chi connectivity index (χ1) is 16.8. The minimum atomic E-state index is -1.69. The van der Waals surface area contributed by atoms with Crippen LogP contribution in [-0.4, -0.2) is 42.9 Å². The molecule has 0 aliphatic carbocycles. The monoisotopic (exact) mass is 518 g/mol. The summed E-state index contributed by atoms with van der Waals surface area (Å²) in [6.45, 7) is 13.2. The van der Waals surface area contributed by atoms with Crippen molar-refractivity contribution in [2.45, 2.75) is 105 Å². The van der Waals surface area contributed by atoms with Crippen molar-refractivity contribution in [2.24, 2.45) is 0 Å². The Morgan fingerprint density at radius 2 is 0.972 bits per heavy atom. The predicted octanol–water partition coefficient (Wildman–Crippen LogP) is 5.78. The number of hydrogen-bond donors (Lipinski definition) is 0. The highest BCUT2D eigenvalue weighted by atomic mass is 17.2. The number of hydrogen-bond acceptors (Lipinski definition) is 11. The molecule has 36 heavy (non-hydrogen) atoms. The van der Waals surface area contributed by atoms with Crippen molar-refractivity contribution in [1.29, 1.82) is 0 Å². The molecule has 0 fully saturated rings. The third-order valence-corrected chi connectivity index (χ3v) is 4.23. The lowest BCUT2D eigenvalue weighted by Crippen LogP contribution is -2.39. The molecule has 11 nitrogen and oxygen atoms in total. The van der Waals surface area contributed by atoms with Gasteiger partial charge in [0.05, 0.1) is 24.4 Å². The van der Waals surface area contributed by atoms with Crippen molar-refractivity contribution < 1.29 is 52.9 Å². The van der Waals surface area contributed by atoms with E-state index in [1.54, 1.807) is 0 Å². The van der Waals surface area contributed by atoms with E-state index in [1.165, 1.54) is 41.5 Å². The van der Waals surface area contributed by atoms with Gasteiger partial charge in [-0.3, -0.25) is 0 Å². The van der Waals surface area contributed by atoms with Gasteiger partial charge >= 0.3 is 18.1 Å². The van der Waals surface area contributed by atoms with Crippen LogP contribution in [0.3, 0.4) is 0 Å². The highest BCUT2D eigenvalue weighted by molar-refractivity contribution is 5.88. The Labute approximate surface area is 213 Å². The Kier molecular flexibility index (Phi) is 16.2. The second kappa shape index (κ2) is 17.6. The van der Waals surface area contributed by atoms with Gasteiger partial charge in [0, 0.05) is 27.7 Å². The first-order valence-electron chi connectivity index (χ1n) is 12.1. The fourth-order valence-corrected chi connectivity index (χ4v) is 2.30. The molecule has 0 saturated heterocycles. The van der Waals surface area contributed by atoms with E-state index in [2.05, 4.69) is 13.8 Å². The van der Waals surface area contributed by atoms with Crippen LogP contribution in [0.4, 0.5) is 4.79 Å². The van der Waals surface area contributed by atoms with E-state index in [4.69, 9.17) is 38.5 Å². The Hall–Kier alpha value is -2.79. The number of carbonyl (C=O) groups is 3. The summed E-state index contributed by atoms with van der Waals surface area (Å²) < 4.78 is 20.5. The van der Waals surface area contributed by atoms with Crippen LogP contribution in [-0.2, 0) is 48.1 Å². The van der Waals surface area contributed by atoms with Gasteiger partial charge in [-0.2, -0.15) is 9.78 Å². The highest BCUT2D eigenvalue weighted by Crippen LogP contribution is 2.20. The summed E-state index contributed by atoms with van der Waals surface area (Å²) in [4.78, 5) is 56.3. The summed E-state index contributed by atoms with van der Waals surface area (Å²) in [5.74, 6) is -4.98. The zero-order valence-electron chi connectivity index (χ0n) is 22.8. The summed E-state index contributed by atoms with van der Waals surface area (Å²) in [6.07, 6.45) is 6.74. The molecule has 0 N–H and O–H groups in total. The fraction of sp³-hybridized carbons (Fsp3) is 0.720. The summed E-state index contributed by atoms with van der Waals surface area (Å²) in [5, 5.41) is 0. The zero-order chi connectivity index (χ0) is 27.6. The number of carbonyl (C=O) groups excluding carboxylic acids is 3. The second-order valence-corrected chi connectivity index (χ2v) is 8.89. The lowest BCUT2D eigenvalue weighted by atomic mass is 10.3. The Morgan fingerprint density at radius 1 is 0.611 bits per heavy atom. The van der Waals surface area contributed by atoms with Crippen molar-refractivity contribution in [1.82, 2.24) is 0 Å². The number of rotatable bonds is 18. The summed E-state index contributed by atoms with van der Waals surface area (Å²) in [7, 11) is 0. The Bertz CT molecular complexity index is 678. The number of esters is 2. The quantitative estimate of drug-likeness (QED) is 0.0417. The average molecular weight is 519 g/mol. The van der Waals surface area contributed by atoms with Crippen LogP contribution in [0.2, 0.25) is 0 Å². The van der Waals surface area contributed by atoms with Crippen molar-refractivity contribution in [3.63, 3.8) is 0 Å². The summed E-state index contributed by atoms with van der Waals surface area (Å²) >= 11 is 0. The first kappa shape index (κ1) is 33.2. The van der Waals surface area contributed by atoms with Gasteiger partial charge in [0.15, 0.2) is 0 Å². The molecule has 0 aromatic carbocycles. The van der Waals surface area contributed by atoms with Gasteiger partial charge in [0.2, 0.25) is 0 Å². The molecule has 0 atom stereocenters. The van der Waals surface area contributed by atoms with E-state index >= 15 is 0 Å². The highest BCUT2D eigenvalue weighted by Gasteiger charge is 2.34. The van der Waals surface area contributed by atoms with E-state index in [0.717, 1.165) is 51.0 Å². The van der Waals surface area contributed by atoms with Crippen molar-refractivity contribution >= 4 is 18.1 Å². The molecule has 0 spiro atoms. The third kappa shape index (κ3) is 16.8. The van der Waals surface area contributed by atoms with Crippen LogP contribution in [0.1, 0.15) is 93.9 Å². The Balaban J connectivity index is 4.60. The minimum Gasteiger partial charge on any atom is -0.420 e. The molecule has 0 aliphatic heterocycles. The zero-order valence-corrected chi connectivity index (χ0v) is 22.8. The standard InChI is InChI=1S/C25H42O11/c1-9-11-13-15-29-31-17-19(3)21(26)33-24(5,6)35-23(28)36-25(7,8)34-22(27)20(4)18-32-30-16-14-12-10-2/h17-18H,9-16H2,1-8H3/b19-17+,20-18+. The molecule has 208 valence electrons. The van der Waals surface area contributed by atoms with Gasteiger partial charge in [0.1, 0.15) is 12.5 Å². The minimum absolute atomic E-state index is 0.0867. The topological polar surface area (TPSA) is 125 Å². The van der Waals surface area contributed by atoms with Crippen molar-refractivity contribution in [3.8, 4) is 0 Å². The van der Waals surface area contributed by atoms with Gasteiger partial charge in [0.25, 0.3) is 11.6 Å². The van der Waals surface area contributed by atoms with Crippen LogP contribution in [0.5, 0.6) is 0 Å². The lowest BCUT2D eigenvalue weighted by Gasteiger charge is -2.28. The van der Waals surface area contributed by atoms with Crippen LogP contribution < -0.4 is 0 Å². The van der Waals surface area contributed by atoms with Crippen LogP contribution in [0.15, 0.2) is 23.7 Å². The largest absolute Gasteiger partial charge is 0.514 e. The lowest BCUT2D eigenvalue weighted by molar-refractivity contribution is -0.250. The maximum Gasteiger partial charge on any atom is 0.514 e. The average Bonchev–Trinajstić information content (AvgIpc) is 2.76. The molecule has 0 aromatic heterocycles. The molecule has 0 saturated carbocycles. The van der Waals surface area contributed by atoms with Crippen molar-refractivity contribution in [3.05, 3.63) is 23.7 Å². The molecule has 0 aromatic rings. The van der Waals surface area contributed by atoms with Gasteiger partial charge in [-0.15, -0.1) is 0 Å². The molecular weight excluding hydrogens is 476 g/mol. The van der Waals surface area contributed by atoms with E-state index in [9.17, 15) is 14.4 Å².